The molecule has 4 heteroatoms. The van der Waals surface area contributed by atoms with Gasteiger partial charge in [0, 0.05) is 11.8 Å². The minimum Gasteiger partial charge on any atom is -0.306 e. The van der Waals surface area contributed by atoms with Gasteiger partial charge < -0.3 is 4.90 Å². The summed E-state index contributed by atoms with van der Waals surface area (Å²) in [6, 6.07) is 0. The second-order valence-electron chi connectivity index (χ2n) is 4.48. The van der Waals surface area contributed by atoms with Crippen molar-refractivity contribution in [3.05, 3.63) is 16.1 Å². The summed E-state index contributed by atoms with van der Waals surface area (Å²) >= 11 is 7.46. The number of rotatable bonds is 9. The van der Waals surface area contributed by atoms with Crippen molar-refractivity contribution in [3.8, 4) is 0 Å². The van der Waals surface area contributed by atoms with Crippen LogP contribution in [0.1, 0.15) is 43.3 Å². The van der Waals surface area contributed by atoms with Crippen molar-refractivity contribution in [3.63, 3.8) is 0 Å². The largest absolute Gasteiger partial charge is 0.306 e. The van der Waals surface area contributed by atoms with Crippen LogP contribution in [0.4, 0.5) is 0 Å². The fourth-order valence-electron chi connectivity index (χ4n) is 1.77. The molecule has 0 fully saturated rings. The summed E-state index contributed by atoms with van der Waals surface area (Å²) in [5.74, 6) is 0.535. The summed E-state index contributed by atoms with van der Waals surface area (Å²) in [5.41, 5.74) is 1.02. The Bertz CT molecular complexity index is 301. The van der Waals surface area contributed by atoms with E-state index in [2.05, 4.69) is 29.2 Å². The summed E-state index contributed by atoms with van der Waals surface area (Å²) in [4.78, 5) is 6.89. The number of thiazole rings is 1. The molecule has 0 spiro atoms. The Labute approximate surface area is 114 Å². The fraction of sp³-hybridized carbons (Fsp3) is 0.769. The van der Waals surface area contributed by atoms with Gasteiger partial charge in [0.1, 0.15) is 0 Å². The molecule has 0 saturated heterocycles. The van der Waals surface area contributed by atoms with Crippen LogP contribution in [-0.4, -0.2) is 30.0 Å². The van der Waals surface area contributed by atoms with E-state index in [0.717, 1.165) is 12.1 Å². The van der Waals surface area contributed by atoms with Gasteiger partial charge in [-0.3, -0.25) is 0 Å². The summed E-state index contributed by atoms with van der Waals surface area (Å²) in [6.45, 7) is 4.63. The number of hydrogen-bond donors (Lipinski definition) is 0. The zero-order valence-electron chi connectivity index (χ0n) is 10.9. The molecule has 0 bridgehead atoms. The first-order valence-corrected chi connectivity index (χ1v) is 7.85. The third-order valence-corrected chi connectivity index (χ3v) is 4.04. The highest BCUT2D eigenvalue weighted by molar-refractivity contribution is 7.09. The molecule has 0 N–H and O–H groups in total. The van der Waals surface area contributed by atoms with Crippen LogP contribution in [-0.2, 0) is 12.3 Å². The average molecular weight is 275 g/mol. The Hall–Kier alpha value is -0.120. The van der Waals surface area contributed by atoms with Crippen molar-refractivity contribution in [2.75, 3.05) is 20.1 Å². The monoisotopic (exact) mass is 274 g/mol. The lowest BCUT2D eigenvalue weighted by Crippen LogP contribution is -2.21. The van der Waals surface area contributed by atoms with Crippen LogP contribution in [0.25, 0.3) is 0 Å². The second-order valence-corrected chi connectivity index (χ2v) is 5.69. The van der Waals surface area contributed by atoms with Crippen molar-refractivity contribution >= 4 is 22.9 Å². The van der Waals surface area contributed by atoms with Gasteiger partial charge in [-0.1, -0.05) is 19.8 Å². The maximum absolute atomic E-state index is 5.73. The van der Waals surface area contributed by atoms with E-state index in [1.807, 2.05) is 0 Å². The maximum Gasteiger partial charge on any atom is 0.0929 e. The van der Waals surface area contributed by atoms with Gasteiger partial charge in [-0.25, -0.2) is 4.98 Å². The molecule has 0 aliphatic heterocycles. The van der Waals surface area contributed by atoms with Crippen molar-refractivity contribution in [1.82, 2.24) is 9.88 Å². The number of aromatic nitrogens is 1. The van der Waals surface area contributed by atoms with Crippen LogP contribution in [0.5, 0.6) is 0 Å². The van der Waals surface area contributed by atoms with E-state index in [0.29, 0.717) is 5.88 Å². The van der Waals surface area contributed by atoms with E-state index in [4.69, 9.17) is 11.6 Å². The number of unbranched alkanes of at least 4 members (excludes halogenated alkanes) is 2. The molecular weight excluding hydrogens is 252 g/mol. The van der Waals surface area contributed by atoms with Gasteiger partial charge >= 0.3 is 0 Å². The topological polar surface area (TPSA) is 16.1 Å². The van der Waals surface area contributed by atoms with Gasteiger partial charge in [-0.15, -0.1) is 22.9 Å². The molecule has 0 radical (unpaired) electrons. The maximum atomic E-state index is 5.73. The van der Waals surface area contributed by atoms with E-state index in [-0.39, 0.29) is 0 Å². The molecule has 0 unspecified atom stereocenters. The lowest BCUT2D eigenvalue weighted by molar-refractivity contribution is 0.321. The van der Waals surface area contributed by atoms with Gasteiger partial charge in [0.2, 0.25) is 0 Å². The third kappa shape index (κ3) is 6.39. The molecule has 98 valence electrons. The predicted molar refractivity (Wildman–Crippen MR) is 77.0 cm³/mol. The summed E-state index contributed by atoms with van der Waals surface area (Å²) in [7, 11) is 2.21. The first-order valence-electron chi connectivity index (χ1n) is 6.44. The van der Waals surface area contributed by atoms with Crippen molar-refractivity contribution in [2.24, 2.45) is 0 Å². The SMILES string of the molecule is CCCCCN(C)CCCc1nc(CCl)cs1. The lowest BCUT2D eigenvalue weighted by atomic mass is 10.2. The van der Waals surface area contributed by atoms with E-state index in [1.54, 1.807) is 11.3 Å². The summed E-state index contributed by atoms with van der Waals surface area (Å²) in [6.07, 6.45) is 6.24. The molecule has 1 aromatic heterocycles. The van der Waals surface area contributed by atoms with Crippen molar-refractivity contribution in [1.29, 1.82) is 0 Å². The van der Waals surface area contributed by atoms with Gasteiger partial charge in [-0.05, 0) is 33.0 Å². The Balaban J connectivity index is 2.10. The van der Waals surface area contributed by atoms with Crippen molar-refractivity contribution < 1.29 is 0 Å². The highest BCUT2D eigenvalue weighted by Gasteiger charge is 2.02. The highest BCUT2D eigenvalue weighted by Crippen LogP contribution is 2.13. The van der Waals surface area contributed by atoms with Gasteiger partial charge in [0.05, 0.1) is 16.6 Å². The highest BCUT2D eigenvalue weighted by atomic mass is 35.5. The molecule has 0 atom stereocenters. The number of aryl methyl sites for hydroxylation is 1. The smallest absolute Gasteiger partial charge is 0.0929 e. The summed E-state index contributed by atoms with van der Waals surface area (Å²) in [5, 5.41) is 3.29. The van der Waals surface area contributed by atoms with Crippen LogP contribution in [0.3, 0.4) is 0 Å². The van der Waals surface area contributed by atoms with Crippen LogP contribution < -0.4 is 0 Å². The lowest BCUT2D eigenvalue weighted by Gasteiger charge is -2.15. The molecule has 1 heterocycles. The summed E-state index contributed by atoms with van der Waals surface area (Å²) < 4.78 is 0. The number of halogens is 1. The fourth-order valence-corrected chi connectivity index (χ4v) is 2.84. The molecule has 17 heavy (non-hydrogen) atoms. The molecule has 0 amide bonds. The molecule has 1 rings (SSSR count). The van der Waals surface area contributed by atoms with E-state index in [9.17, 15) is 0 Å². The molecule has 2 nitrogen and oxygen atoms in total. The first kappa shape index (κ1) is 14.9. The average Bonchev–Trinajstić information content (AvgIpc) is 2.77. The molecular formula is C13H23ClN2S. The van der Waals surface area contributed by atoms with Crippen LogP contribution >= 0.6 is 22.9 Å². The molecule has 0 aliphatic rings. The molecule has 0 saturated carbocycles. The quantitative estimate of drug-likeness (QED) is 0.501. The molecule has 0 aromatic carbocycles. The zero-order chi connectivity index (χ0) is 12.5. The number of hydrogen-bond acceptors (Lipinski definition) is 3. The Morgan fingerprint density at radius 2 is 2.06 bits per heavy atom. The van der Waals surface area contributed by atoms with Crippen LogP contribution in [0.15, 0.2) is 5.38 Å². The minimum atomic E-state index is 0.535. The van der Waals surface area contributed by atoms with E-state index < -0.39 is 0 Å². The Kier molecular flexibility index (Phi) is 7.82. The van der Waals surface area contributed by atoms with Gasteiger partial charge in [0.25, 0.3) is 0 Å². The Morgan fingerprint density at radius 3 is 2.71 bits per heavy atom. The molecule has 1 aromatic rings. The number of alkyl halides is 1. The van der Waals surface area contributed by atoms with Gasteiger partial charge in [0.15, 0.2) is 0 Å². The van der Waals surface area contributed by atoms with E-state index in [1.165, 1.54) is 43.8 Å². The van der Waals surface area contributed by atoms with E-state index >= 15 is 0 Å². The third-order valence-electron chi connectivity index (χ3n) is 2.81. The van der Waals surface area contributed by atoms with Crippen molar-refractivity contribution in [2.45, 2.75) is 44.9 Å². The molecule has 0 aliphatic carbocycles. The predicted octanol–water partition coefficient (Wildman–Crippen LogP) is 3.94. The normalized spacial score (nSPS) is 11.3. The van der Waals surface area contributed by atoms with Gasteiger partial charge in [-0.2, -0.15) is 0 Å². The minimum absolute atomic E-state index is 0.535. The van der Waals surface area contributed by atoms with Crippen LogP contribution in [0.2, 0.25) is 0 Å². The Morgan fingerprint density at radius 1 is 1.29 bits per heavy atom. The number of nitrogens with zero attached hydrogens (tertiary/aromatic N) is 2. The second kappa shape index (κ2) is 8.90. The first-order chi connectivity index (χ1) is 8.26. The zero-order valence-corrected chi connectivity index (χ0v) is 12.5. The standard InChI is InChI=1S/C13H23ClN2S/c1-3-4-5-8-16(2)9-6-7-13-15-12(10-14)11-17-13/h11H,3-10H2,1-2H3. The van der Waals surface area contributed by atoms with Crippen LogP contribution in [0, 0.1) is 0 Å².